The van der Waals surface area contributed by atoms with Crippen molar-refractivity contribution in [1.82, 2.24) is 14.8 Å². The fraction of sp³-hybridized carbons (Fsp3) is 0.300. The van der Waals surface area contributed by atoms with Crippen LogP contribution in [0.4, 0.5) is 4.79 Å². The van der Waals surface area contributed by atoms with Gasteiger partial charge in [0, 0.05) is 25.4 Å². The lowest BCUT2D eigenvalue weighted by Gasteiger charge is -2.13. The number of urea groups is 1. The summed E-state index contributed by atoms with van der Waals surface area (Å²) in [6.07, 6.45) is 1.65. The van der Waals surface area contributed by atoms with Gasteiger partial charge in [0.1, 0.15) is 6.54 Å². The van der Waals surface area contributed by atoms with Crippen molar-refractivity contribution in [3.05, 3.63) is 34.7 Å². The Kier molecular flexibility index (Phi) is 2.72. The van der Waals surface area contributed by atoms with Crippen molar-refractivity contribution in [3.63, 3.8) is 0 Å². The van der Waals surface area contributed by atoms with E-state index >= 15 is 0 Å². The predicted molar refractivity (Wildman–Crippen MR) is 55.8 cm³/mol. The quantitative estimate of drug-likeness (QED) is 0.693. The molecule has 1 aromatic rings. The molecular weight excluding hydrogens is 210 g/mol. The fourth-order valence-corrected chi connectivity index (χ4v) is 1.54. The lowest BCUT2D eigenvalue weighted by molar-refractivity contribution is -0.118. The Morgan fingerprint density at radius 1 is 1.19 bits per heavy atom. The summed E-state index contributed by atoms with van der Waals surface area (Å²) in [5, 5.41) is 2.18. The Bertz CT molecular complexity index is 480. The smallest absolute Gasteiger partial charge is 0.314 e. The van der Waals surface area contributed by atoms with E-state index in [1.165, 1.54) is 15.5 Å². The van der Waals surface area contributed by atoms with Crippen LogP contribution in [-0.2, 0) is 11.3 Å². The molecule has 6 heteroatoms. The zero-order chi connectivity index (χ0) is 11.5. The van der Waals surface area contributed by atoms with Crippen LogP contribution in [0, 0.1) is 0 Å². The van der Waals surface area contributed by atoms with Crippen molar-refractivity contribution in [2.75, 3.05) is 13.1 Å². The van der Waals surface area contributed by atoms with Crippen molar-refractivity contribution in [1.29, 1.82) is 0 Å². The van der Waals surface area contributed by atoms with E-state index in [0.717, 1.165) is 0 Å². The number of hydrogen-bond acceptors (Lipinski definition) is 3. The molecular formula is C10H11N3O3. The lowest BCUT2D eigenvalue weighted by Crippen LogP contribution is -2.33. The van der Waals surface area contributed by atoms with Gasteiger partial charge in [-0.15, -0.1) is 0 Å². The molecule has 6 nitrogen and oxygen atoms in total. The van der Waals surface area contributed by atoms with E-state index in [1.54, 1.807) is 18.3 Å². The number of amides is 3. The monoisotopic (exact) mass is 221 g/mol. The van der Waals surface area contributed by atoms with E-state index in [9.17, 15) is 14.4 Å². The van der Waals surface area contributed by atoms with Gasteiger partial charge in [-0.3, -0.25) is 14.9 Å². The molecule has 84 valence electrons. The molecule has 3 amide bonds. The van der Waals surface area contributed by atoms with Gasteiger partial charge >= 0.3 is 6.03 Å². The van der Waals surface area contributed by atoms with Crippen LogP contribution in [0.3, 0.4) is 0 Å². The molecule has 0 aromatic carbocycles. The van der Waals surface area contributed by atoms with Gasteiger partial charge in [0.05, 0.1) is 0 Å². The van der Waals surface area contributed by atoms with Crippen LogP contribution < -0.4 is 10.9 Å². The average molecular weight is 221 g/mol. The number of aromatic nitrogens is 1. The number of nitrogens with zero attached hydrogens (tertiary/aromatic N) is 2. The highest BCUT2D eigenvalue weighted by Crippen LogP contribution is 1.98. The summed E-state index contributed by atoms with van der Waals surface area (Å²) in [6.45, 7) is 0.808. The van der Waals surface area contributed by atoms with E-state index in [1.807, 2.05) is 0 Å². The first-order valence-electron chi connectivity index (χ1n) is 4.91. The van der Waals surface area contributed by atoms with Crippen LogP contribution in [0.25, 0.3) is 0 Å². The molecule has 2 rings (SSSR count). The molecule has 0 saturated carbocycles. The average Bonchev–Trinajstić information content (AvgIpc) is 2.56. The van der Waals surface area contributed by atoms with Gasteiger partial charge in [-0.25, -0.2) is 4.79 Å². The lowest BCUT2D eigenvalue weighted by atomic mass is 10.4. The van der Waals surface area contributed by atoms with Crippen molar-refractivity contribution in [3.8, 4) is 0 Å². The summed E-state index contributed by atoms with van der Waals surface area (Å²) in [4.78, 5) is 34.8. The molecule has 0 atom stereocenters. The number of carbonyl (C=O) groups is 2. The third-order valence-electron chi connectivity index (χ3n) is 2.38. The maximum absolute atomic E-state index is 11.3. The second-order valence-electron chi connectivity index (χ2n) is 3.51. The third kappa shape index (κ3) is 2.10. The number of imide groups is 1. The minimum Gasteiger partial charge on any atom is -0.314 e. The van der Waals surface area contributed by atoms with Gasteiger partial charge in [0.2, 0.25) is 5.91 Å². The van der Waals surface area contributed by atoms with Gasteiger partial charge in [-0.2, -0.15) is 0 Å². The van der Waals surface area contributed by atoms with Crippen molar-refractivity contribution >= 4 is 11.9 Å². The molecule has 1 aliphatic rings. The summed E-state index contributed by atoms with van der Waals surface area (Å²) in [5.74, 6) is -0.301. The Morgan fingerprint density at radius 2 is 2.00 bits per heavy atom. The second kappa shape index (κ2) is 4.18. The number of nitrogens with one attached hydrogen (secondary N) is 1. The molecule has 0 aliphatic carbocycles. The number of hydrogen-bond donors (Lipinski definition) is 1. The molecule has 2 heterocycles. The number of rotatable bonds is 3. The second-order valence-corrected chi connectivity index (χ2v) is 3.51. The summed E-state index contributed by atoms with van der Waals surface area (Å²) in [7, 11) is 0. The first-order chi connectivity index (χ1) is 7.66. The highest BCUT2D eigenvalue weighted by molar-refractivity contribution is 6.01. The Morgan fingerprint density at radius 3 is 2.62 bits per heavy atom. The van der Waals surface area contributed by atoms with E-state index in [0.29, 0.717) is 13.1 Å². The van der Waals surface area contributed by atoms with Crippen LogP contribution in [0.1, 0.15) is 0 Å². The highest BCUT2D eigenvalue weighted by Gasteiger charge is 2.25. The molecule has 1 aliphatic heterocycles. The first-order valence-corrected chi connectivity index (χ1v) is 4.91. The van der Waals surface area contributed by atoms with Crippen molar-refractivity contribution in [2.24, 2.45) is 0 Å². The predicted octanol–water partition coefficient (Wildman–Crippen LogP) is -0.600. The Labute approximate surface area is 91.5 Å². The zero-order valence-corrected chi connectivity index (χ0v) is 8.55. The molecule has 16 heavy (non-hydrogen) atoms. The number of carbonyl (C=O) groups excluding carboxylic acids is 2. The van der Waals surface area contributed by atoms with Gasteiger partial charge in [-0.1, -0.05) is 6.07 Å². The maximum Gasteiger partial charge on any atom is 0.324 e. The van der Waals surface area contributed by atoms with Crippen LogP contribution in [0.5, 0.6) is 0 Å². The first kappa shape index (κ1) is 10.4. The van der Waals surface area contributed by atoms with Crippen LogP contribution >= 0.6 is 0 Å². The van der Waals surface area contributed by atoms with Gasteiger partial charge in [-0.05, 0) is 6.07 Å². The normalized spacial score (nSPS) is 15.4. The van der Waals surface area contributed by atoms with Gasteiger partial charge in [0.15, 0.2) is 0 Å². The molecule has 1 saturated heterocycles. The maximum atomic E-state index is 11.3. The Balaban J connectivity index is 1.98. The summed E-state index contributed by atoms with van der Waals surface area (Å²) >= 11 is 0. The molecule has 1 fully saturated rings. The van der Waals surface area contributed by atoms with Gasteiger partial charge in [0.25, 0.3) is 5.56 Å². The molecule has 0 bridgehead atoms. The molecule has 1 N–H and O–H groups in total. The topological polar surface area (TPSA) is 71.4 Å². The van der Waals surface area contributed by atoms with E-state index < -0.39 is 6.03 Å². The zero-order valence-electron chi connectivity index (χ0n) is 8.55. The standard InChI is InChI=1S/C10H11N3O3/c14-8-7-13(10(16)11-8)6-5-12-4-2-1-3-9(12)15/h1-4H,5-7H2,(H,11,14,16). The SMILES string of the molecule is O=C1CN(CCn2ccccc2=O)C(=O)N1. The van der Waals surface area contributed by atoms with E-state index in [-0.39, 0.29) is 18.0 Å². The molecule has 0 spiro atoms. The van der Waals surface area contributed by atoms with E-state index in [2.05, 4.69) is 5.32 Å². The third-order valence-corrected chi connectivity index (χ3v) is 2.38. The van der Waals surface area contributed by atoms with E-state index in [4.69, 9.17) is 0 Å². The largest absolute Gasteiger partial charge is 0.324 e. The van der Waals surface area contributed by atoms with Gasteiger partial charge < -0.3 is 9.47 Å². The fourth-order valence-electron chi connectivity index (χ4n) is 1.54. The minimum atomic E-state index is -0.394. The van der Waals surface area contributed by atoms with Crippen molar-refractivity contribution < 1.29 is 9.59 Å². The van der Waals surface area contributed by atoms with Crippen LogP contribution in [-0.4, -0.2) is 34.5 Å². The summed E-state index contributed by atoms with van der Waals surface area (Å²) in [6, 6.07) is 4.46. The number of pyridine rings is 1. The summed E-state index contributed by atoms with van der Waals surface area (Å²) < 4.78 is 1.50. The summed E-state index contributed by atoms with van der Waals surface area (Å²) in [5.41, 5.74) is -0.117. The van der Waals surface area contributed by atoms with Crippen molar-refractivity contribution in [2.45, 2.75) is 6.54 Å². The molecule has 1 aromatic heterocycles. The van der Waals surface area contributed by atoms with Crippen LogP contribution in [0.2, 0.25) is 0 Å². The van der Waals surface area contributed by atoms with Crippen LogP contribution in [0.15, 0.2) is 29.2 Å². The molecule has 0 radical (unpaired) electrons. The highest BCUT2D eigenvalue weighted by atomic mass is 16.2. The minimum absolute atomic E-state index is 0.0699. The Hall–Kier alpha value is -2.11. The molecule has 0 unspecified atom stereocenters.